The van der Waals surface area contributed by atoms with Gasteiger partial charge in [-0.3, -0.25) is 4.90 Å². The summed E-state index contributed by atoms with van der Waals surface area (Å²) in [6.07, 6.45) is 11.1. The SMILES string of the molecule is CCCCCCCCCCN(CCN)CCOC. The van der Waals surface area contributed by atoms with Crippen molar-refractivity contribution >= 4 is 0 Å². The van der Waals surface area contributed by atoms with Gasteiger partial charge in [-0.2, -0.15) is 0 Å². The summed E-state index contributed by atoms with van der Waals surface area (Å²) in [6, 6.07) is 0. The van der Waals surface area contributed by atoms with Gasteiger partial charge in [0.05, 0.1) is 6.61 Å². The lowest BCUT2D eigenvalue weighted by atomic mass is 10.1. The Hall–Kier alpha value is -0.120. The lowest BCUT2D eigenvalue weighted by Crippen LogP contribution is -2.33. The number of hydrogen-bond acceptors (Lipinski definition) is 3. The molecule has 2 N–H and O–H groups in total. The quantitative estimate of drug-likeness (QED) is 0.487. The average molecular weight is 258 g/mol. The smallest absolute Gasteiger partial charge is 0.0589 e. The van der Waals surface area contributed by atoms with Crippen LogP contribution in [0.4, 0.5) is 0 Å². The largest absolute Gasteiger partial charge is 0.383 e. The molecule has 3 heteroatoms. The number of rotatable bonds is 14. The Labute approximate surface area is 114 Å². The number of nitrogens with two attached hydrogens (primary N) is 1. The highest BCUT2D eigenvalue weighted by Gasteiger charge is 2.02. The zero-order valence-electron chi connectivity index (χ0n) is 12.6. The van der Waals surface area contributed by atoms with Crippen molar-refractivity contribution < 1.29 is 4.74 Å². The van der Waals surface area contributed by atoms with E-state index in [0.717, 1.165) is 26.2 Å². The summed E-state index contributed by atoms with van der Waals surface area (Å²) in [6.45, 7) is 7.03. The summed E-state index contributed by atoms with van der Waals surface area (Å²) in [5.74, 6) is 0. The molecule has 0 saturated heterocycles. The van der Waals surface area contributed by atoms with E-state index in [1.807, 2.05) is 0 Å². The first kappa shape index (κ1) is 17.9. The van der Waals surface area contributed by atoms with E-state index in [2.05, 4.69) is 11.8 Å². The highest BCUT2D eigenvalue weighted by atomic mass is 16.5. The molecule has 0 radical (unpaired) electrons. The molecule has 0 atom stereocenters. The van der Waals surface area contributed by atoms with Gasteiger partial charge in [-0.05, 0) is 13.0 Å². The molecule has 0 aromatic carbocycles. The van der Waals surface area contributed by atoms with Gasteiger partial charge < -0.3 is 10.5 Å². The summed E-state index contributed by atoms with van der Waals surface area (Å²) in [5.41, 5.74) is 5.62. The molecule has 0 aliphatic carbocycles. The highest BCUT2D eigenvalue weighted by Crippen LogP contribution is 2.08. The molecule has 18 heavy (non-hydrogen) atoms. The lowest BCUT2D eigenvalue weighted by Gasteiger charge is -2.20. The van der Waals surface area contributed by atoms with Gasteiger partial charge in [0.25, 0.3) is 0 Å². The van der Waals surface area contributed by atoms with E-state index in [9.17, 15) is 0 Å². The third-order valence-electron chi connectivity index (χ3n) is 3.38. The fourth-order valence-corrected chi connectivity index (χ4v) is 2.21. The molecular weight excluding hydrogens is 224 g/mol. The van der Waals surface area contributed by atoms with E-state index in [1.54, 1.807) is 7.11 Å². The summed E-state index contributed by atoms with van der Waals surface area (Å²) < 4.78 is 5.12. The number of methoxy groups -OCH3 is 1. The molecule has 0 unspecified atom stereocenters. The van der Waals surface area contributed by atoms with Crippen LogP contribution in [0.3, 0.4) is 0 Å². The Bertz CT molecular complexity index is 153. The number of nitrogens with zero attached hydrogens (tertiary/aromatic N) is 1. The molecule has 0 aromatic heterocycles. The van der Waals surface area contributed by atoms with Crippen molar-refractivity contribution in [3.8, 4) is 0 Å². The third kappa shape index (κ3) is 12.3. The van der Waals surface area contributed by atoms with E-state index in [4.69, 9.17) is 10.5 Å². The second-order valence-corrected chi connectivity index (χ2v) is 5.10. The van der Waals surface area contributed by atoms with Gasteiger partial charge >= 0.3 is 0 Å². The van der Waals surface area contributed by atoms with E-state index in [0.29, 0.717) is 0 Å². The minimum Gasteiger partial charge on any atom is -0.383 e. The van der Waals surface area contributed by atoms with Crippen LogP contribution in [-0.2, 0) is 4.74 Å². The minimum absolute atomic E-state index is 0.751. The van der Waals surface area contributed by atoms with Gasteiger partial charge in [0.1, 0.15) is 0 Å². The molecule has 0 amide bonds. The zero-order chi connectivity index (χ0) is 13.5. The second-order valence-electron chi connectivity index (χ2n) is 5.10. The molecule has 0 heterocycles. The van der Waals surface area contributed by atoms with Crippen molar-refractivity contribution in [2.75, 3.05) is 39.9 Å². The van der Waals surface area contributed by atoms with Crippen LogP contribution < -0.4 is 5.73 Å². The summed E-state index contributed by atoms with van der Waals surface area (Å²) in [7, 11) is 1.76. The van der Waals surface area contributed by atoms with Gasteiger partial charge in [-0.25, -0.2) is 0 Å². The van der Waals surface area contributed by atoms with Crippen LogP contribution in [-0.4, -0.2) is 44.8 Å². The predicted molar refractivity (Wildman–Crippen MR) is 80.0 cm³/mol. The maximum absolute atomic E-state index is 5.62. The molecule has 0 aliphatic heterocycles. The summed E-state index contributed by atoms with van der Waals surface area (Å²) in [4.78, 5) is 2.42. The highest BCUT2D eigenvalue weighted by molar-refractivity contribution is 4.58. The van der Waals surface area contributed by atoms with Crippen molar-refractivity contribution in [2.24, 2.45) is 5.73 Å². The Morgan fingerprint density at radius 3 is 2.00 bits per heavy atom. The van der Waals surface area contributed by atoms with Crippen LogP contribution in [0.15, 0.2) is 0 Å². The van der Waals surface area contributed by atoms with Crippen LogP contribution in [0, 0.1) is 0 Å². The number of ether oxygens (including phenoxy) is 1. The van der Waals surface area contributed by atoms with Crippen molar-refractivity contribution in [3.63, 3.8) is 0 Å². The van der Waals surface area contributed by atoms with E-state index >= 15 is 0 Å². The van der Waals surface area contributed by atoms with E-state index in [-0.39, 0.29) is 0 Å². The average Bonchev–Trinajstić information content (AvgIpc) is 2.39. The Kier molecular flexibility index (Phi) is 14.8. The molecule has 0 aromatic rings. The fourth-order valence-electron chi connectivity index (χ4n) is 2.21. The van der Waals surface area contributed by atoms with E-state index < -0.39 is 0 Å². The van der Waals surface area contributed by atoms with Crippen molar-refractivity contribution in [1.29, 1.82) is 0 Å². The molecule has 0 saturated carbocycles. The molecule has 3 nitrogen and oxygen atoms in total. The predicted octanol–water partition coefficient (Wildman–Crippen LogP) is 3.03. The van der Waals surface area contributed by atoms with Gasteiger partial charge in [0.15, 0.2) is 0 Å². The van der Waals surface area contributed by atoms with Crippen molar-refractivity contribution in [3.05, 3.63) is 0 Å². The molecule has 0 aliphatic rings. The first-order chi connectivity index (χ1) is 8.85. The van der Waals surface area contributed by atoms with Gasteiger partial charge in [0.2, 0.25) is 0 Å². The third-order valence-corrected chi connectivity index (χ3v) is 3.38. The van der Waals surface area contributed by atoms with E-state index in [1.165, 1.54) is 57.9 Å². The normalized spacial score (nSPS) is 11.3. The molecule has 0 fully saturated rings. The van der Waals surface area contributed by atoms with Crippen LogP contribution in [0.1, 0.15) is 58.3 Å². The fraction of sp³-hybridized carbons (Fsp3) is 1.00. The van der Waals surface area contributed by atoms with Crippen LogP contribution >= 0.6 is 0 Å². The van der Waals surface area contributed by atoms with Crippen LogP contribution in [0.5, 0.6) is 0 Å². The molecule has 0 rings (SSSR count). The maximum atomic E-state index is 5.62. The number of unbranched alkanes of at least 4 members (excludes halogenated alkanes) is 7. The second kappa shape index (κ2) is 14.9. The molecule has 0 bridgehead atoms. The Morgan fingerprint density at radius 1 is 0.833 bits per heavy atom. The van der Waals surface area contributed by atoms with Gasteiger partial charge in [0, 0.05) is 26.7 Å². The summed E-state index contributed by atoms with van der Waals surface area (Å²) >= 11 is 0. The standard InChI is InChI=1S/C15H34N2O/c1-3-4-5-6-7-8-9-10-12-17(13-11-16)14-15-18-2/h3-16H2,1-2H3. The monoisotopic (exact) mass is 258 g/mol. The Morgan fingerprint density at radius 2 is 1.44 bits per heavy atom. The van der Waals surface area contributed by atoms with Crippen molar-refractivity contribution in [2.45, 2.75) is 58.3 Å². The lowest BCUT2D eigenvalue weighted by molar-refractivity contribution is 0.148. The minimum atomic E-state index is 0.751. The summed E-state index contributed by atoms with van der Waals surface area (Å²) in [5, 5.41) is 0. The maximum Gasteiger partial charge on any atom is 0.0589 e. The zero-order valence-corrected chi connectivity index (χ0v) is 12.6. The first-order valence-electron chi connectivity index (χ1n) is 7.76. The Balaban J connectivity index is 3.31. The van der Waals surface area contributed by atoms with Gasteiger partial charge in [-0.1, -0.05) is 51.9 Å². The first-order valence-corrected chi connectivity index (χ1v) is 7.76. The van der Waals surface area contributed by atoms with Crippen LogP contribution in [0.2, 0.25) is 0 Å². The molecule has 0 spiro atoms. The number of hydrogen-bond donors (Lipinski definition) is 1. The van der Waals surface area contributed by atoms with Gasteiger partial charge in [-0.15, -0.1) is 0 Å². The molecule has 110 valence electrons. The van der Waals surface area contributed by atoms with Crippen LogP contribution in [0.25, 0.3) is 0 Å². The topological polar surface area (TPSA) is 38.5 Å². The van der Waals surface area contributed by atoms with Crippen molar-refractivity contribution in [1.82, 2.24) is 4.90 Å². The molecular formula is C15H34N2O.